The monoisotopic (exact) mass is 408 g/mol. The fraction of sp³-hybridized carbons (Fsp3) is 0.714. The Morgan fingerprint density at radius 2 is 2.00 bits per heavy atom. The highest BCUT2D eigenvalue weighted by Gasteiger charge is 2.44. The predicted molar refractivity (Wildman–Crippen MR) is 115 cm³/mol. The molecule has 1 aliphatic rings. The minimum atomic E-state index is -2.00. The maximum atomic E-state index is 12.3. The van der Waals surface area contributed by atoms with E-state index in [0.29, 0.717) is 17.9 Å². The molecule has 1 aliphatic heterocycles. The molecule has 6 nitrogen and oxygen atoms in total. The van der Waals surface area contributed by atoms with Crippen LogP contribution in [0.5, 0.6) is 0 Å². The number of rotatable bonds is 6. The Hall–Kier alpha value is -1.44. The largest absolute Gasteiger partial charge is 0.411 e. The van der Waals surface area contributed by atoms with Crippen LogP contribution in [-0.2, 0) is 9.16 Å². The number of aryl methyl sites for hydroxylation is 1. The van der Waals surface area contributed by atoms with E-state index in [-0.39, 0.29) is 22.8 Å². The first-order valence-corrected chi connectivity index (χ1v) is 13.0. The summed E-state index contributed by atoms with van der Waals surface area (Å²) in [4.78, 5) is 26.4. The van der Waals surface area contributed by atoms with Crippen molar-refractivity contribution in [1.29, 1.82) is 0 Å². The summed E-state index contributed by atoms with van der Waals surface area (Å²) in [6.07, 6.45) is 6.55. The van der Waals surface area contributed by atoms with Gasteiger partial charge in [0.25, 0.3) is 5.56 Å². The van der Waals surface area contributed by atoms with Crippen LogP contribution in [0, 0.1) is 12.8 Å². The zero-order valence-electron chi connectivity index (χ0n) is 18.5. The maximum absolute atomic E-state index is 12.3. The van der Waals surface area contributed by atoms with Crippen molar-refractivity contribution in [2.45, 2.75) is 91.0 Å². The number of hydrogen-bond donors (Lipinski definition) is 1. The van der Waals surface area contributed by atoms with Gasteiger partial charge in [0.1, 0.15) is 12.3 Å². The van der Waals surface area contributed by atoms with Gasteiger partial charge in [0.2, 0.25) is 0 Å². The summed E-state index contributed by atoms with van der Waals surface area (Å²) in [5.41, 5.74) is -0.316. The molecule has 0 saturated carbocycles. The Balaban J connectivity index is 2.31. The first-order valence-electron chi connectivity index (χ1n) is 10.1. The fourth-order valence-electron chi connectivity index (χ4n) is 2.96. The lowest BCUT2D eigenvalue weighted by Gasteiger charge is -2.39. The summed E-state index contributed by atoms with van der Waals surface area (Å²) >= 11 is 0. The molecule has 1 saturated heterocycles. The molecule has 0 bridgehead atoms. The molecule has 1 N–H and O–H groups in total. The van der Waals surface area contributed by atoms with Gasteiger partial charge in [0.15, 0.2) is 8.32 Å². The Kier molecular flexibility index (Phi) is 6.94. The van der Waals surface area contributed by atoms with Crippen LogP contribution in [0.3, 0.4) is 0 Å². The van der Waals surface area contributed by atoms with Gasteiger partial charge in [-0.15, -0.1) is 0 Å². The normalized spacial score (nSPS) is 23.8. The fourth-order valence-corrected chi connectivity index (χ4v) is 4.30. The average molecular weight is 409 g/mol. The summed E-state index contributed by atoms with van der Waals surface area (Å²) in [6, 6.07) is 0. The Morgan fingerprint density at radius 1 is 1.36 bits per heavy atom. The first kappa shape index (κ1) is 22.8. The Labute approximate surface area is 169 Å². The zero-order valence-corrected chi connectivity index (χ0v) is 19.5. The molecule has 0 aromatic carbocycles. The number of H-pyrrole nitrogens is 1. The third kappa shape index (κ3) is 5.33. The third-order valence-electron chi connectivity index (χ3n) is 5.76. The van der Waals surface area contributed by atoms with Gasteiger partial charge in [0.05, 0.1) is 6.10 Å². The van der Waals surface area contributed by atoms with Crippen LogP contribution in [0.25, 0.3) is 0 Å². The molecule has 1 aromatic heterocycles. The predicted octanol–water partition coefficient (Wildman–Crippen LogP) is 4.13. The van der Waals surface area contributed by atoms with Crippen molar-refractivity contribution in [3.8, 4) is 0 Å². The van der Waals surface area contributed by atoms with Crippen molar-refractivity contribution in [3.05, 3.63) is 44.8 Å². The number of aromatic nitrogens is 2. The van der Waals surface area contributed by atoms with Crippen LogP contribution in [0.15, 0.2) is 27.9 Å². The van der Waals surface area contributed by atoms with Crippen LogP contribution in [0.1, 0.15) is 59.3 Å². The summed E-state index contributed by atoms with van der Waals surface area (Å²) in [5, 5.41) is 0.0860. The first-order chi connectivity index (χ1) is 12.8. The van der Waals surface area contributed by atoms with Gasteiger partial charge in [-0.3, -0.25) is 14.3 Å². The van der Waals surface area contributed by atoms with Crippen LogP contribution in [-0.4, -0.2) is 30.1 Å². The van der Waals surface area contributed by atoms with Gasteiger partial charge in [-0.2, -0.15) is 0 Å². The molecule has 158 valence electrons. The molecular weight excluding hydrogens is 372 g/mol. The van der Waals surface area contributed by atoms with Gasteiger partial charge < -0.3 is 9.16 Å². The number of ether oxygens (including phenoxy) is 1. The lowest BCUT2D eigenvalue weighted by molar-refractivity contribution is 0.00620. The lowest BCUT2D eigenvalue weighted by Crippen LogP contribution is -2.45. The number of hydrogen-bond acceptors (Lipinski definition) is 4. The third-order valence-corrected chi connectivity index (χ3v) is 10.3. The number of aromatic amines is 1. The van der Waals surface area contributed by atoms with Crippen molar-refractivity contribution in [3.63, 3.8) is 0 Å². The quantitative estimate of drug-likeness (QED) is 0.567. The van der Waals surface area contributed by atoms with E-state index in [1.165, 1.54) is 4.57 Å². The molecule has 7 heteroatoms. The van der Waals surface area contributed by atoms with E-state index in [1.54, 1.807) is 13.1 Å². The molecule has 0 unspecified atom stereocenters. The minimum Gasteiger partial charge on any atom is -0.411 e. The number of nitrogens with zero attached hydrogens (tertiary/aromatic N) is 1. The van der Waals surface area contributed by atoms with Crippen molar-refractivity contribution < 1.29 is 9.16 Å². The molecule has 2 heterocycles. The Morgan fingerprint density at radius 3 is 2.57 bits per heavy atom. The smallest absolute Gasteiger partial charge is 0.330 e. The highest BCUT2D eigenvalue weighted by molar-refractivity contribution is 6.74. The molecule has 2 rings (SSSR count). The van der Waals surface area contributed by atoms with Crippen LogP contribution >= 0.6 is 0 Å². The van der Waals surface area contributed by atoms with E-state index in [0.717, 1.165) is 6.42 Å². The van der Waals surface area contributed by atoms with Gasteiger partial charge >= 0.3 is 5.69 Å². The molecule has 0 amide bonds. The molecule has 3 atom stereocenters. The van der Waals surface area contributed by atoms with E-state index < -0.39 is 20.2 Å². The van der Waals surface area contributed by atoms with E-state index in [2.05, 4.69) is 64.8 Å². The van der Waals surface area contributed by atoms with E-state index in [9.17, 15) is 9.59 Å². The number of allylic oxidation sites excluding steroid dienone is 1. The molecule has 28 heavy (non-hydrogen) atoms. The van der Waals surface area contributed by atoms with Crippen LogP contribution < -0.4 is 11.2 Å². The highest BCUT2D eigenvalue weighted by atomic mass is 28.4. The van der Waals surface area contributed by atoms with Crippen molar-refractivity contribution >= 4 is 8.32 Å². The summed E-state index contributed by atoms with van der Waals surface area (Å²) < 4.78 is 14.4. The molecule has 1 fully saturated rings. The second kappa shape index (κ2) is 8.51. The topological polar surface area (TPSA) is 73.3 Å². The van der Waals surface area contributed by atoms with Gasteiger partial charge in [0, 0.05) is 18.2 Å². The zero-order chi connectivity index (χ0) is 21.3. The SMILES string of the molecule is Cc1cn([C@H]2C[C@H](O[Si](C)(C)C(C)(C)C)[C@@H](/C=C\CC(C)C)O2)c(=O)[nH]c1=O. The minimum absolute atomic E-state index is 0.0860. The maximum Gasteiger partial charge on any atom is 0.330 e. The summed E-state index contributed by atoms with van der Waals surface area (Å²) in [7, 11) is -2.00. The highest BCUT2D eigenvalue weighted by Crippen LogP contribution is 2.41. The van der Waals surface area contributed by atoms with Crippen molar-refractivity contribution in [2.24, 2.45) is 5.92 Å². The van der Waals surface area contributed by atoms with Gasteiger partial charge in [-0.25, -0.2) is 4.79 Å². The van der Waals surface area contributed by atoms with Crippen LogP contribution in [0.4, 0.5) is 0 Å². The summed E-state index contributed by atoms with van der Waals surface area (Å²) in [5.74, 6) is 0.567. The average Bonchev–Trinajstić information content (AvgIpc) is 2.91. The Bertz CT molecular complexity index is 817. The number of nitrogens with one attached hydrogen (secondary N) is 1. The van der Waals surface area contributed by atoms with Crippen molar-refractivity contribution in [2.75, 3.05) is 0 Å². The van der Waals surface area contributed by atoms with Gasteiger partial charge in [-0.05, 0) is 37.4 Å². The van der Waals surface area contributed by atoms with E-state index in [1.807, 2.05) is 0 Å². The van der Waals surface area contributed by atoms with E-state index >= 15 is 0 Å². The van der Waals surface area contributed by atoms with Crippen LogP contribution in [0.2, 0.25) is 18.1 Å². The van der Waals surface area contributed by atoms with Gasteiger partial charge in [-0.1, -0.05) is 46.8 Å². The molecule has 0 aliphatic carbocycles. The molecule has 0 spiro atoms. The summed E-state index contributed by atoms with van der Waals surface area (Å²) in [6.45, 7) is 17.1. The van der Waals surface area contributed by atoms with Crippen molar-refractivity contribution in [1.82, 2.24) is 9.55 Å². The second-order valence-corrected chi connectivity index (χ2v) is 14.5. The molecule has 1 aromatic rings. The second-order valence-electron chi connectivity index (χ2n) is 9.74. The molecule has 0 radical (unpaired) electrons. The lowest BCUT2D eigenvalue weighted by atomic mass is 10.1. The molecular formula is C21H36N2O4Si. The van der Waals surface area contributed by atoms with E-state index in [4.69, 9.17) is 9.16 Å². The standard InChI is InChI=1S/C21H36N2O4Si/c1-14(2)10-9-11-16-17(27-28(7,8)21(4,5)6)12-18(26-16)23-13-15(3)19(24)22-20(23)25/h9,11,13-14,16-18H,10,12H2,1-8H3,(H,22,24,25)/b11-9-/t16-,17+,18-/m1/s1.